The van der Waals surface area contributed by atoms with Crippen LogP contribution in [0.1, 0.15) is 40.9 Å². The van der Waals surface area contributed by atoms with E-state index >= 15 is 0 Å². The Labute approximate surface area is 160 Å². The zero-order valence-corrected chi connectivity index (χ0v) is 16.3. The first-order valence-corrected chi connectivity index (χ1v) is 10.5. The number of carboxylic acids is 1. The molecule has 1 N–H and O–H groups in total. The SMILES string of the molecule is CC(c1cccc(N2CCCS2(=O)=O)c1)N(C)Cc1cccc(C(=O)O)c1. The Balaban J connectivity index is 1.77. The molecule has 7 heteroatoms. The van der Waals surface area contributed by atoms with E-state index in [1.807, 2.05) is 37.4 Å². The Morgan fingerprint density at radius 3 is 2.63 bits per heavy atom. The van der Waals surface area contributed by atoms with Crippen LogP contribution in [0.3, 0.4) is 0 Å². The summed E-state index contributed by atoms with van der Waals surface area (Å²) in [6, 6.07) is 14.6. The van der Waals surface area contributed by atoms with Crippen LogP contribution in [-0.4, -0.2) is 43.7 Å². The van der Waals surface area contributed by atoms with Gasteiger partial charge in [0.2, 0.25) is 10.0 Å². The number of carboxylic acid groups (broad SMARTS) is 1. The van der Waals surface area contributed by atoms with Gasteiger partial charge in [-0.2, -0.15) is 0 Å². The van der Waals surface area contributed by atoms with Crippen LogP contribution >= 0.6 is 0 Å². The van der Waals surface area contributed by atoms with Gasteiger partial charge >= 0.3 is 5.97 Å². The molecule has 1 aliphatic rings. The molecule has 1 aliphatic heterocycles. The van der Waals surface area contributed by atoms with Gasteiger partial charge in [0, 0.05) is 19.1 Å². The predicted molar refractivity (Wildman–Crippen MR) is 105 cm³/mol. The largest absolute Gasteiger partial charge is 0.478 e. The second kappa shape index (κ2) is 7.70. The summed E-state index contributed by atoms with van der Waals surface area (Å²) in [5.74, 6) is -0.737. The first-order chi connectivity index (χ1) is 12.8. The van der Waals surface area contributed by atoms with E-state index in [-0.39, 0.29) is 17.4 Å². The molecule has 2 aromatic rings. The summed E-state index contributed by atoms with van der Waals surface area (Å²) in [6.07, 6.45) is 0.655. The summed E-state index contributed by atoms with van der Waals surface area (Å²) in [5, 5.41) is 9.14. The first-order valence-electron chi connectivity index (χ1n) is 8.91. The second-order valence-corrected chi connectivity index (χ2v) is 8.95. The van der Waals surface area contributed by atoms with Crippen molar-refractivity contribution >= 4 is 21.7 Å². The van der Waals surface area contributed by atoms with Crippen molar-refractivity contribution in [3.63, 3.8) is 0 Å². The fourth-order valence-electron chi connectivity index (χ4n) is 3.35. The van der Waals surface area contributed by atoms with Crippen LogP contribution < -0.4 is 4.31 Å². The molecule has 0 aromatic heterocycles. The number of sulfonamides is 1. The quantitative estimate of drug-likeness (QED) is 0.823. The number of benzene rings is 2. The maximum atomic E-state index is 12.2. The molecule has 144 valence electrons. The molecule has 1 saturated heterocycles. The van der Waals surface area contributed by atoms with E-state index in [0.717, 1.165) is 11.1 Å². The molecule has 0 bridgehead atoms. The van der Waals surface area contributed by atoms with Crippen LogP contribution in [0, 0.1) is 0 Å². The number of aromatic carboxylic acids is 1. The molecule has 1 heterocycles. The smallest absolute Gasteiger partial charge is 0.335 e. The van der Waals surface area contributed by atoms with E-state index in [0.29, 0.717) is 25.2 Å². The van der Waals surface area contributed by atoms with Crippen molar-refractivity contribution in [3.05, 3.63) is 65.2 Å². The molecule has 0 radical (unpaired) electrons. The molecule has 3 rings (SSSR count). The van der Waals surface area contributed by atoms with E-state index in [1.54, 1.807) is 18.2 Å². The summed E-state index contributed by atoms with van der Waals surface area (Å²) in [5.41, 5.74) is 2.92. The Hall–Kier alpha value is -2.38. The first kappa shape index (κ1) is 19.4. The summed E-state index contributed by atoms with van der Waals surface area (Å²) < 4.78 is 25.8. The molecule has 1 atom stereocenters. The number of rotatable bonds is 6. The Morgan fingerprint density at radius 1 is 1.22 bits per heavy atom. The summed E-state index contributed by atoms with van der Waals surface area (Å²) in [6.45, 7) is 3.17. The molecule has 6 nitrogen and oxygen atoms in total. The lowest BCUT2D eigenvalue weighted by atomic mass is 10.0. The minimum atomic E-state index is -3.20. The van der Waals surface area contributed by atoms with E-state index in [1.165, 1.54) is 4.31 Å². The Bertz CT molecular complexity index is 943. The van der Waals surface area contributed by atoms with E-state index < -0.39 is 16.0 Å². The van der Waals surface area contributed by atoms with Crippen LogP contribution in [0.25, 0.3) is 0 Å². The average molecular weight is 388 g/mol. The van der Waals surface area contributed by atoms with Crippen molar-refractivity contribution in [2.24, 2.45) is 0 Å². The molecule has 0 amide bonds. The van der Waals surface area contributed by atoms with Gasteiger partial charge in [-0.15, -0.1) is 0 Å². The zero-order valence-electron chi connectivity index (χ0n) is 15.5. The number of hydrogen-bond acceptors (Lipinski definition) is 4. The minimum absolute atomic E-state index is 0.0451. The highest BCUT2D eigenvalue weighted by molar-refractivity contribution is 7.93. The molecule has 1 fully saturated rings. The van der Waals surface area contributed by atoms with Gasteiger partial charge < -0.3 is 5.11 Å². The van der Waals surface area contributed by atoms with Crippen molar-refractivity contribution < 1.29 is 18.3 Å². The molecular formula is C20H24N2O4S. The van der Waals surface area contributed by atoms with Crippen molar-refractivity contribution in [1.82, 2.24) is 4.90 Å². The highest BCUT2D eigenvalue weighted by Gasteiger charge is 2.28. The van der Waals surface area contributed by atoms with E-state index in [9.17, 15) is 13.2 Å². The lowest BCUT2D eigenvalue weighted by molar-refractivity contribution is 0.0696. The van der Waals surface area contributed by atoms with Crippen molar-refractivity contribution in [1.29, 1.82) is 0 Å². The Morgan fingerprint density at radius 2 is 1.96 bits per heavy atom. The van der Waals surface area contributed by atoms with Gasteiger partial charge in [-0.25, -0.2) is 13.2 Å². The maximum Gasteiger partial charge on any atom is 0.335 e. The maximum absolute atomic E-state index is 12.2. The van der Waals surface area contributed by atoms with Crippen molar-refractivity contribution in [2.45, 2.75) is 25.9 Å². The van der Waals surface area contributed by atoms with Crippen LogP contribution in [0.5, 0.6) is 0 Å². The van der Waals surface area contributed by atoms with Gasteiger partial charge in [0.25, 0.3) is 0 Å². The van der Waals surface area contributed by atoms with E-state index in [4.69, 9.17) is 5.11 Å². The zero-order chi connectivity index (χ0) is 19.6. The van der Waals surface area contributed by atoms with Gasteiger partial charge in [-0.3, -0.25) is 9.21 Å². The summed E-state index contributed by atoms with van der Waals surface area (Å²) >= 11 is 0. The normalized spacial score (nSPS) is 17.2. The van der Waals surface area contributed by atoms with Gasteiger partial charge in [0.05, 0.1) is 17.0 Å². The molecule has 0 aliphatic carbocycles. The molecule has 1 unspecified atom stereocenters. The van der Waals surface area contributed by atoms with Gasteiger partial charge in [-0.1, -0.05) is 24.3 Å². The molecular weight excluding hydrogens is 364 g/mol. The van der Waals surface area contributed by atoms with Gasteiger partial charge in [0.1, 0.15) is 0 Å². The fourth-order valence-corrected chi connectivity index (χ4v) is 4.91. The highest BCUT2D eigenvalue weighted by atomic mass is 32.2. The number of anilines is 1. The lowest BCUT2D eigenvalue weighted by Gasteiger charge is -2.26. The average Bonchev–Trinajstić information content (AvgIpc) is 3.00. The third-order valence-electron chi connectivity index (χ3n) is 5.01. The second-order valence-electron chi connectivity index (χ2n) is 6.93. The standard InChI is InChI=1S/C20H24N2O4S/c1-15(21(2)14-16-6-3-8-18(12-16)20(23)24)17-7-4-9-19(13-17)22-10-5-11-27(22,25)26/h3-4,6-9,12-13,15H,5,10-11,14H2,1-2H3,(H,23,24). The van der Waals surface area contributed by atoms with Gasteiger partial charge in [0.15, 0.2) is 0 Å². The number of carbonyl (C=O) groups is 1. The topological polar surface area (TPSA) is 77.9 Å². The van der Waals surface area contributed by atoms with Crippen LogP contribution in [0.4, 0.5) is 5.69 Å². The molecule has 27 heavy (non-hydrogen) atoms. The van der Waals surface area contributed by atoms with Crippen LogP contribution in [-0.2, 0) is 16.6 Å². The van der Waals surface area contributed by atoms with Crippen LogP contribution in [0.2, 0.25) is 0 Å². The molecule has 2 aromatic carbocycles. The van der Waals surface area contributed by atoms with Crippen molar-refractivity contribution in [3.8, 4) is 0 Å². The van der Waals surface area contributed by atoms with Crippen molar-refractivity contribution in [2.75, 3.05) is 23.7 Å². The summed E-state index contributed by atoms with van der Waals surface area (Å²) in [4.78, 5) is 13.3. The molecule has 0 saturated carbocycles. The third kappa shape index (κ3) is 4.31. The highest BCUT2D eigenvalue weighted by Crippen LogP contribution is 2.29. The lowest BCUT2D eigenvalue weighted by Crippen LogP contribution is -2.26. The molecule has 0 spiro atoms. The monoisotopic (exact) mass is 388 g/mol. The fraction of sp³-hybridized carbons (Fsp3) is 0.350. The number of nitrogens with zero attached hydrogens (tertiary/aromatic N) is 2. The van der Waals surface area contributed by atoms with E-state index in [2.05, 4.69) is 11.8 Å². The predicted octanol–water partition coefficient (Wildman–Crippen LogP) is 3.12. The summed E-state index contributed by atoms with van der Waals surface area (Å²) in [7, 11) is -1.23. The minimum Gasteiger partial charge on any atom is -0.478 e. The van der Waals surface area contributed by atoms with Gasteiger partial charge in [-0.05, 0) is 55.8 Å². The third-order valence-corrected chi connectivity index (χ3v) is 6.88. The van der Waals surface area contributed by atoms with Crippen LogP contribution in [0.15, 0.2) is 48.5 Å². The number of hydrogen-bond donors (Lipinski definition) is 1. The Kier molecular flexibility index (Phi) is 5.53.